The summed E-state index contributed by atoms with van der Waals surface area (Å²) in [5, 5.41) is 26.3. The molecule has 0 radical (unpaired) electrons. The zero-order valence-corrected chi connectivity index (χ0v) is 15.3. The number of carbonyl (C=O) groups is 1. The van der Waals surface area contributed by atoms with Crippen LogP contribution in [0.3, 0.4) is 0 Å². The Hall–Kier alpha value is -4.28. The van der Waals surface area contributed by atoms with Crippen molar-refractivity contribution in [3.8, 4) is 11.5 Å². The molecule has 0 aliphatic carbocycles. The third-order valence-corrected chi connectivity index (χ3v) is 3.86. The van der Waals surface area contributed by atoms with Crippen LogP contribution in [0, 0.1) is 4.91 Å². The number of carbonyl (C=O) groups excluding carboxylic acids is 1. The molecule has 0 bridgehead atoms. The SMILES string of the molecule is COc1ccc(/C=N/NC(=O)c2ccccc2O)cc1Cn1cnc([N+](=O)O)n1. The second-order valence-electron chi connectivity index (χ2n) is 5.80. The summed E-state index contributed by atoms with van der Waals surface area (Å²) in [4.78, 5) is 26.1. The van der Waals surface area contributed by atoms with Crippen LogP contribution in [-0.4, -0.2) is 49.2 Å². The number of rotatable bonds is 7. The van der Waals surface area contributed by atoms with Gasteiger partial charge in [-0.15, -0.1) is 0 Å². The molecule has 2 aromatic carbocycles. The fourth-order valence-electron chi connectivity index (χ4n) is 2.52. The largest absolute Gasteiger partial charge is 0.531 e. The molecule has 3 rings (SSSR count). The summed E-state index contributed by atoms with van der Waals surface area (Å²) in [7, 11) is 1.51. The molecule has 3 aromatic rings. The molecule has 0 aliphatic rings. The van der Waals surface area contributed by atoms with Gasteiger partial charge in [0.05, 0.1) is 25.4 Å². The molecule has 0 saturated heterocycles. The van der Waals surface area contributed by atoms with Crippen molar-refractivity contribution in [2.24, 2.45) is 5.10 Å². The first kappa shape index (κ1) is 19.5. The molecule has 1 amide bonds. The quantitative estimate of drug-likeness (QED) is 0.406. The summed E-state index contributed by atoms with van der Waals surface area (Å²) < 4.78 is 6.67. The average molecular weight is 397 g/mol. The molecule has 0 spiro atoms. The van der Waals surface area contributed by atoms with Gasteiger partial charge >= 0.3 is 5.95 Å². The number of hydrogen-bond acceptors (Lipinski definition) is 7. The molecule has 0 fully saturated rings. The van der Waals surface area contributed by atoms with Crippen LogP contribution in [0.25, 0.3) is 0 Å². The van der Waals surface area contributed by atoms with E-state index < -0.39 is 10.8 Å². The molecule has 148 valence electrons. The number of ether oxygens (including phenoxy) is 1. The van der Waals surface area contributed by atoms with Crippen LogP contribution in [-0.2, 0) is 6.54 Å². The van der Waals surface area contributed by atoms with Gasteiger partial charge in [-0.25, -0.2) is 5.43 Å². The number of hydrazone groups is 1. The molecule has 11 nitrogen and oxygen atoms in total. The minimum Gasteiger partial charge on any atom is -0.507 e. The molecule has 11 heteroatoms. The lowest BCUT2D eigenvalue weighted by Gasteiger charge is -2.08. The molecule has 0 unspecified atom stereocenters. The molecule has 0 aliphatic heterocycles. The maximum absolute atomic E-state index is 12.0. The van der Waals surface area contributed by atoms with Crippen LogP contribution in [0.15, 0.2) is 53.9 Å². The van der Waals surface area contributed by atoms with E-state index in [0.29, 0.717) is 16.9 Å². The standard InChI is InChI=1S/C18H16N6O5/c1-29-16-7-6-12(8-13(16)10-23-11-19-18(22-23)24(27)28)9-20-21-17(26)14-4-2-3-5-15(14)25/h2-9,11H,10H2,1H3,(H2-,21,25,26,27,28)/p+1/b20-9+. The van der Waals surface area contributed by atoms with Gasteiger partial charge in [-0.2, -0.15) is 9.78 Å². The predicted molar refractivity (Wildman–Crippen MR) is 100 cm³/mol. The van der Waals surface area contributed by atoms with Crippen LogP contribution < -0.4 is 10.2 Å². The van der Waals surface area contributed by atoms with Crippen molar-refractivity contribution in [3.63, 3.8) is 0 Å². The van der Waals surface area contributed by atoms with Gasteiger partial charge in [0.15, 0.2) is 4.92 Å². The van der Waals surface area contributed by atoms with Gasteiger partial charge in [-0.3, -0.25) is 4.79 Å². The lowest BCUT2D eigenvalue weighted by molar-refractivity contribution is -0.734. The van der Waals surface area contributed by atoms with E-state index in [9.17, 15) is 14.8 Å². The Morgan fingerprint density at radius 1 is 1.34 bits per heavy atom. The highest BCUT2D eigenvalue weighted by atomic mass is 16.6. The number of nitrogens with one attached hydrogen (secondary N) is 1. The topological polar surface area (TPSA) is 142 Å². The van der Waals surface area contributed by atoms with E-state index in [1.807, 2.05) is 0 Å². The minimum atomic E-state index is -0.547. The number of methoxy groups -OCH3 is 1. The van der Waals surface area contributed by atoms with Crippen LogP contribution in [0.4, 0.5) is 5.95 Å². The fourth-order valence-corrected chi connectivity index (χ4v) is 2.52. The van der Waals surface area contributed by atoms with Crippen molar-refractivity contribution >= 4 is 18.1 Å². The maximum Gasteiger partial charge on any atom is 0.531 e. The molecule has 0 atom stereocenters. The summed E-state index contributed by atoms with van der Waals surface area (Å²) in [6, 6.07) is 11.3. The summed E-state index contributed by atoms with van der Waals surface area (Å²) >= 11 is 0. The Balaban J connectivity index is 1.73. The van der Waals surface area contributed by atoms with Gasteiger partial charge in [0.1, 0.15) is 11.5 Å². The van der Waals surface area contributed by atoms with Crippen molar-refractivity contribution in [3.05, 3.63) is 70.4 Å². The van der Waals surface area contributed by atoms with Crippen molar-refractivity contribution in [1.82, 2.24) is 20.2 Å². The Labute approximate surface area is 164 Å². The van der Waals surface area contributed by atoms with Crippen LogP contribution in [0.5, 0.6) is 11.5 Å². The van der Waals surface area contributed by atoms with Gasteiger partial charge in [0.2, 0.25) is 6.33 Å². The van der Waals surface area contributed by atoms with Crippen LogP contribution >= 0.6 is 0 Å². The second kappa shape index (κ2) is 8.61. The van der Waals surface area contributed by atoms with Gasteiger partial charge in [0.25, 0.3) is 5.91 Å². The van der Waals surface area contributed by atoms with E-state index in [-0.39, 0.29) is 23.8 Å². The second-order valence-corrected chi connectivity index (χ2v) is 5.80. The van der Waals surface area contributed by atoms with Crippen LogP contribution in [0.2, 0.25) is 0 Å². The zero-order chi connectivity index (χ0) is 20.8. The van der Waals surface area contributed by atoms with Gasteiger partial charge in [0, 0.05) is 10.7 Å². The lowest BCUT2D eigenvalue weighted by atomic mass is 10.1. The molecule has 1 aromatic heterocycles. The monoisotopic (exact) mass is 397 g/mol. The van der Waals surface area contributed by atoms with E-state index >= 15 is 0 Å². The normalized spacial score (nSPS) is 10.8. The van der Waals surface area contributed by atoms with Crippen molar-refractivity contribution in [2.45, 2.75) is 6.54 Å². The summed E-state index contributed by atoms with van der Waals surface area (Å²) in [5.41, 5.74) is 3.82. The number of benzene rings is 2. The Morgan fingerprint density at radius 3 is 2.83 bits per heavy atom. The van der Waals surface area contributed by atoms with Gasteiger partial charge in [-0.05, 0) is 40.9 Å². The molecule has 3 N–H and O–H groups in total. The van der Waals surface area contributed by atoms with E-state index in [4.69, 9.17) is 9.94 Å². The third-order valence-electron chi connectivity index (χ3n) is 3.86. The van der Waals surface area contributed by atoms with Gasteiger partial charge in [-0.1, -0.05) is 17.0 Å². The fraction of sp³-hybridized carbons (Fsp3) is 0.111. The first-order chi connectivity index (χ1) is 14.0. The molecular formula is C18H17N6O5+. The number of phenolic OH excluding ortho intramolecular Hbond substituents is 1. The lowest BCUT2D eigenvalue weighted by Crippen LogP contribution is -2.17. The van der Waals surface area contributed by atoms with E-state index in [1.54, 1.807) is 30.3 Å². The predicted octanol–water partition coefficient (Wildman–Crippen LogP) is 1.60. The Morgan fingerprint density at radius 2 is 2.14 bits per heavy atom. The molecule has 29 heavy (non-hydrogen) atoms. The molecule has 1 heterocycles. The van der Waals surface area contributed by atoms with E-state index in [0.717, 1.165) is 0 Å². The first-order valence-electron chi connectivity index (χ1n) is 8.32. The number of nitrogens with zero attached hydrogens (tertiary/aromatic N) is 5. The smallest absolute Gasteiger partial charge is 0.507 e. The highest BCUT2D eigenvalue weighted by molar-refractivity contribution is 5.97. The number of amides is 1. The molecular weight excluding hydrogens is 380 g/mol. The van der Waals surface area contributed by atoms with E-state index in [2.05, 4.69) is 20.6 Å². The molecule has 0 saturated carbocycles. The van der Waals surface area contributed by atoms with E-state index in [1.165, 1.54) is 36.5 Å². The number of para-hydroxylation sites is 1. The number of hydrogen-bond donors (Lipinski definition) is 3. The Bertz CT molecular complexity index is 1080. The highest BCUT2D eigenvalue weighted by Crippen LogP contribution is 2.20. The van der Waals surface area contributed by atoms with Gasteiger partial charge < -0.3 is 15.1 Å². The highest BCUT2D eigenvalue weighted by Gasteiger charge is 2.19. The minimum absolute atomic E-state index is 0.110. The maximum atomic E-state index is 12.0. The number of phenols is 1. The average Bonchev–Trinajstić information content (AvgIpc) is 3.17. The first-order valence-corrected chi connectivity index (χ1v) is 8.32. The summed E-state index contributed by atoms with van der Waals surface area (Å²) in [5.74, 6) is -0.498. The third kappa shape index (κ3) is 4.71. The summed E-state index contributed by atoms with van der Waals surface area (Å²) in [6.45, 7) is 0.218. The number of aromatic nitrogens is 3. The van der Waals surface area contributed by atoms with Crippen molar-refractivity contribution < 1.29 is 24.8 Å². The Kier molecular flexibility index (Phi) is 5.78. The van der Waals surface area contributed by atoms with Crippen molar-refractivity contribution in [1.29, 1.82) is 0 Å². The summed E-state index contributed by atoms with van der Waals surface area (Å²) in [6.07, 6.45) is 2.73. The van der Waals surface area contributed by atoms with Crippen molar-refractivity contribution in [2.75, 3.05) is 7.11 Å². The number of aromatic hydroxyl groups is 1. The van der Waals surface area contributed by atoms with Crippen LogP contribution in [0.1, 0.15) is 21.5 Å². The zero-order valence-electron chi connectivity index (χ0n) is 15.3.